The van der Waals surface area contributed by atoms with Crippen molar-refractivity contribution in [2.45, 2.75) is 32.0 Å². The second-order valence-corrected chi connectivity index (χ2v) is 5.68. The molecule has 0 saturated heterocycles. The number of nitrogens with zero attached hydrogens (tertiary/aromatic N) is 1. The molecule has 0 radical (unpaired) electrons. The van der Waals surface area contributed by atoms with Crippen molar-refractivity contribution in [3.63, 3.8) is 0 Å². The number of methoxy groups -OCH3 is 1. The molecule has 0 bridgehead atoms. The van der Waals surface area contributed by atoms with Crippen molar-refractivity contribution in [2.75, 3.05) is 7.11 Å². The van der Waals surface area contributed by atoms with Gasteiger partial charge in [0.05, 0.1) is 13.7 Å². The molecular weight excluding hydrogens is 272 g/mol. The lowest BCUT2D eigenvalue weighted by Crippen LogP contribution is -2.18. The number of hydrogen-bond acceptors (Lipinski definition) is 2. The monoisotopic (exact) mass is 290 g/mol. The minimum Gasteiger partial charge on any atom is -0.496 e. The molecule has 0 spiro atoms. The lowest BCUT2D eigenvalue weighted by atomic mass is 10.2. The Hall–Kier alpha value is -1.45. The van der Waals surface area contributed by atoms with Gasteiger partial charge in [-0.3, -0.25) is 0 Å². The van der Waals surface area contributed by atoms with Crippen molar-refractivity contribution < 1.29 is 4.74 Å². The van der Waals surface area contributed by atoms with Crippen LogP contribution in [0.25, 0.3) is 0 Å². The van der Waals surface area contributed by atoms with Gasteiger partial charge in [-0.2, -0.15) is 0 Å². The lowest BCUT2D eigenvalue weighted by Gasteiger charge is -2.13. The number of nitrogens with one attached hydrogen (secondary N) is 1. The summed E-state index contributed by atoms with van der Waals surface area (Å²) in [6.07, 6.45) is 4.72. The Kier molecular flexibility index (Phi) is 3.99. The van der Waals surface area contributed by atoms with E-state index < -0.39 is 0 Å². The van der Waals surface area contributed by atoms with Crippen molar-refractivity contribution in [1.82, 2.24) is 9.88 Å². The summed E-state index contributed by atoms with van der Waals surface area (Å²) >= 11 is 6.09. The van der Waals surface area contributed by atoms with Crippen LogP contribution in [0.15, 0.2) is 36.5 Å². The Bertz CT molecular complexity index is 590. The largest absolute Gasteiger partial charge is 0.496 e. The Labute approximate surface area is 124 Å². The molecule has 1 N–H and O–H groups in total. The second kappa shape index (κ2) is 5.90. The maximum absolute atomic E-state index is 6.09. The Balaban J connectivity index is 1.76. The lowest BCUT2D eigenvalue weighted by molar-refractivity contribution is 0.408. The molecular formula is C16H19ClN2O. The predicted molar refractivity (Wildman–Crippen MR) is 81.4 cm³/mol. The van der Waals surface area contributed by atoms with Crippen LogP contribution in [0.1, 0.15) is 24.1 Å². The smallest absolute Gasteiger partial charge is 0.123 e. The third kappa shape index (κ3) is 3.17. The predicted octanol–water partition coefficient (Wildman–Crippen LogP) is 3.45. The summed E-state index contributed by atoms with van der Waals surface area (Å²) in [6.45, 7) is 1.69. The molecule has 1 fully saturated rings. The third-order valence-corrected chi connectivity index (χ3v) is 3.89. The van der Waals surface area contributed by atoms with Crippen LogP contribution in [-0.2, 0) is 13.1 Å². The van der Waals surface area contributed by atoms with Gasteiger partial charge in [0.2, 0.25) is 0 Å². The quantitative estimate of drug-likeness (QED) is 0.882. The highest BCUT2D eigenvalue weighted by Gasteiger charge is 2.20. The van der Waals surface area contributed by atoms with E-state index in [9.17, 15) is 0 Å². The van der Waals surface area contributed by atoms with E-state index in [1.54, 1.807) is 7.11 Å². The fraction of sp³-hybridized carbons (Fsp3) is 0.375. The summed E-state index contributed by atoms with van der Waals surface area (Å²) in [7, 11) is 1.69. The molecule has 4 heteroatoms. The molecule has 1 aromatic heterocycles. The number of ether oxygens (including phenoxy) is 1. The fourth-order valence-electron chi connectivity index (χ4n) is 2.35. The van der Waals surface area contributed by atoms with E-state index >= 15 is 0 Å². The van der Waals surface area contributed by atoms with E-state index in [1.807, 2.05) is 18.2 Å². The zero-order valence-corrected chi connectivity index (χ0v) is 12.4. The standard InChI is InChI=1S/C16H19ClN2O/c1-20-16-7-4-13(17)9-12(16)11-19-8-2-3-15(19)10-18-14-5-6-14/h2-4,7-9,14,18H,5-6,10-11H2,1H3. The van der Waals surface area contributed by atoms with Crippen LogP contribution >= 0.6 is 11.6 Å². The molecule has 1 aliphatic rings. The molecule has 1 saturated carbocycles. The van der Waals surface area contributed by atoms with Gasteiger partial charge in [-0.25, -0.2) is 0 Å². The van der Waals surface area contributed by atoms with E-state index in [2.05, 4.69) is 28.2 Å². The molecule has 106 valence electrons. The van der Waals surface area contributed by atoms with Gasteiger partial charge < -0.3 is 14.6 Å². The first-order valence-corrected chi connectivity index (χ1v) is 7.34. The molecule has 3 rings (SSSR count). The number of rotatable bonds is 6. The zero-order chi connectivity index (χ0) is 13.9. The van der Waals surface area contributed by atoms with Crippen LogP contribution < -0.4 is 10.1 Å². The van der Waals surface area contributed by atoms with Crippen molar-refractivity contribution in [2.24, 2.45) is 0 Å². The normalized spacial score (nSPS) is 14.5. The summed E-state index contributed by atoms with van der Waals surface area (Å²) in [6, 6.07) is 10.7. The summed E-state index contributed by atoms with van der Waals surface area (Å²) < 4.78 is 7.65. The maximum atomic E-state index is 6.09. The van der Waals surface area contributed by atoms with Gasteiger partial charge in [-0.15, -0.1) is 0 Å². The summed E-state index contributed by atoms with van der Waals surface area (Å²) in [5.41, 5.74) is 2.39. The number of halogens is 1. The van der Waals surface area contributed by atoms with E-state index in [0.717, 1.165) is 35.5 Å². The van der Waals surface area contributed by atoms with E-state index in [1.165, 1.54) is 18.5 Å². The van der Waals surface area contributed by atoms with E-state index in [0.29, 0.717) is 0 Å². The van der Waals surface area contributed by atoms with Crippen molar-refractivity contribution in [3.8, 4) is 5.75 Å². The van der Waals surface area contributed by atoms with Crippen LogP contribution in [0.2, 0.25) is 5.02 Å². The fourth-order valence-corrected chi connectivity index (χ4v) is 2.55. The average Bonchev–Trinajstić information content (AvgIpc) is 3.17. The average molecular weight is 291 g/mol. The first-order chi connectivity index (χ1) is 9.76. The molecule has 1 aromatic carbocycles. The van der Waals surface area contributed by atoms with Crippen LogP contribution in [0.4, 0.5) is 0 Å². The molecule has 0 amide bonds. The molecule has 0 aliphatic heterocycles. The molecule has 0 atom stereocenters. The van der Waals surface area contributed by atoms with Crippen LogP contribution in [-0.4, -0.2) is 17.7 Å². The number of benzene rings is 1. The molecule has 0 unspecified atom stereocenters. The van der Waals surface area contributed by atoms with Gasteiger partial charge in [-0.1, -0.05) is 11.6 Å². The minimum absolute atomic E-state index is 0.721. The van der Waals surface area contributed by atoms with Gasteiger partial charge in [0, 0.05) is 35.1 Å². The van der Waals surface area contributed by atoms with Gasteiger partial charge in [0.15, 0.2) is 0 Å². The Morgan fingerprint density at radius 2 is 2.20 bits per heavy atom. The SMILES string of the molecule is COc1ccc(Cl)cc1Cn1cccc1CNC1CC1. The van der Waals surface area contributed by atoms with E-state index in [4.69, 9.17) is 16.3 Å². The van der Waals surface area contributed by atoms with Gasteiger partial charge >= 0.3 is 0 Å². The van der Waals surface area contributed by atoms with Gasteiger partial charge in [-0.05, 0) is 43.2 Å². The van der Waals surface area contributed by atoms with Crippen molar-refractivity contribution in [3.05, 3.63) is 52.8 Å². The van der Waals surface area contributed by atoms with Crippen LogP contribution in [0.5, 0.6) is 5.75 Å². The molecule has 3 nitrogen and oxygen atoms in total. The van der Waals surface area contributed by atoms with Gasteiger partial charge in [0.25, 0.3) is 0 Å². The highest BCUT2D eigenvalue weighted by molar-refractivity contribution is 6.30. The Morgan fingerprint density at radius 1 is 1.35 bits per heavy atom. The van der Waals surface area contributed by atoms with E-state index in [-0.39, 0.29) is 0 Å². The van der Waals surface area contributed by atoms with Crippen LogP contribution in [0, 0.1) is 0 Å². The maximum Gasteiger partial charge on any atom is 0.123 e. The number of hydrogen-bond donors (Lipinski definition) is 1. The molecule has 2 aromatic rings. The molecule has 20 heavy (non-hydrogen) atoms. The summed E-state index contributed by atoms with van der Waals surface area (Å²) in [4.78, 5) is 0. The first-order valence-electron chi connectivity index (χ1n) is 6.96. The number of aromatic nitrogens is 1. The van der Waals surface area contributed by atoms with Gasteiger partial charge in [0.1, 0.15) is 5.75 Å². The highest BCUT2D eigenvalue weighted by Crippen LogP contribution is 2.24. The topological polar surface area (TPSA) is 26.2 Å². The molecule has 1 heterocycles. The Morgan fingerprint density at radius 3 is 2.95 bits per heavy atom. The second-order valence-electron chi connectivity index (χ2n) is 5.24. The molecule has 1 aliphatic carbocycles. The summed E-state index contributed by atoms with van der Waals surface area (Å²) in [5, 5.41) is 4.29. The minimum atomic E-state index is 0.721. The van der Waals surface area contributed by atoms with Crippen LogP contribution in [0.3, 0.4) is 0 Å². The zero-order valence-electron chi connectivity index (χ0n) is 11.6. The first kappa shape index (κ1) is 13.5. The van der Waals surface area contributed by atoms with Crippen molar-refractivity contribution in [1.29, 1.82) is 0 Å². The highest BCUT2D eigenvalue weighted by atomic mass is 35.5. The third-order valence-electron chi connectivity index (χ3n) is 3.66. The van der Waals surface area contributed by atoms with Crippen molar-refractivity contribution >= 4 is 11.6 Å². The summed E-state index contributed by atoms with van der Waals surface area (Å²) in [5.74, 6) is 0.879.